The average Bonchev–Trinajstić information content (AvgIpc) is 2.63. The molecule has 0 radical (unpaired) electrons. The first-order chi connectivity index (χ1) is 6.61. The van der Waals surface area contributed by atoms with E-state index in [1.54, 1.807) is 10.4 Å². The molecule has 14 heavy (non-hydrogen) atoms. The second kappa shape index (κ2) is 5.46. The van der Waals surface area contributed by atoms with Gasteiger partial charge in [-0.15, -0.1) is 6.58 Å². The minimum atomic E-state index is -3.03. The van der Waals surface area contributed by atoms with E-state index in [1.807, 2.05) is 0 Å². The maximum atomic E-state index is 11.8. The Bertz CT molecular complexity index is 289. The first-order valence-corrected chi connectivity index (χ1v) is 7.91. The number of hydrogen-bond donors (Lipinski definition) is 0. The minimum Gasteiger partial charge on any atom is -0.212 e. The highest BCUT2D eigenvalue weighted by Gasteiger charge is 2.32. The summed E-state index contributed by atoms with van der Waals surface area (Å²) >= 11 is 2.26. The van der Waals surface area contributed by atoms with E-state index < -0.39 is 10.0 Å². The zero-order chi connectivity index (χ0) is 10.6. The Labute approximate surface area is 99.7 Å². The van der Waals surface area contributed by atoms with Gasteiger partial charge >= 0.3 is 0 Å². The zero-order valence-corrected chi connectivity index (χ0v) is 11.1. The standard InChI is InChI=1S/C9H16INO2S/c1-2-3-7-14(12,13)11-6-4-5-9(11)8-10/h2,9H,1,3-8H2. The lowest BCUT2D eigenvalue weighted by molar-refractivity contribution is 0.415. The van der Waals surface area contributed by atoms with Crippen LogP contribution in [0, 0.1) is 0 Å². The number of halogens is 1. The van der Waals surface area contributed by atoms with E-state index in [0.29, 0.717) is 13.0 Å². The topological polar surface area (TPSA) is 37.4 Å². The quantitative estimate of drug-likeness (QED) is 0.438. The van der Waals surface area contributed by atoms with E-state index in [1.165, 1.54) is 0 Å². The van der Waals surface area contributed by atoms with Crippen molar-refractivity contribution in [1.29, 1.82) is 0 Å². The van der Waals surface area contributed by atoms with E-state index in [4.69, 9.17) is 0 Å². The van der Waals surface area contributed by atoms with Crippen molar-refractivity contribution < 1.29 is 8.42 Å². The highest BCUT2D eigenvalue weighted by atomic mass is 127. The Morgan fingerprint density at radius 1 is 1.57 bits per heavy atom. The summed E-state index contributed by atoms with van der Waals surface area (Å²) in [4.78, 5) is 0. The third-order valence-electron chi connectivity index (χ3n) is 2.44. The van der Waals surface area contributed by atoms with Crippen molar-refractivity contribution in [2.45, 2.75) is 25.3 Å². The molecule has 0 saturated carbocycles. The van der Waals surface area contributed by atoms with Crippen LogP contribution < -0.4 is 0 Å². The predicted octanol–water partition coefficient (Wildman–Crippen LogP) is 1.79. The van der Waals surface area contributed by atoms with Gasteiger partial charge < -0.3 is 0 Å². The molecule has 0 aliphatic carbocycles. The molecule has 1 saturated heterocycles. The summed E-state index contributed by atoms with van der Waals surface area (Å²) < 4.78 is 26.2. The SMILES string of the molecule is C=CCCS(=O)(=O)N1CCCC1CI. The van der Waals surface area contributed by atoms with Crippen molar-refractivity contribution in [3.05, 3.63) is 12.7 Å². The van der Waals surface area contributed by atoms with Crippen molar-refractivity contribution in [2.75, 3.05) is 16.7 Å². The first-order valence-electron chi connectivity index (χ1n) is 4.78. The van der Waals surface area contributed by atoms with Gasteiger partial charge in [0.15, 0.2) is 0 Å². The van der Waals surface area contributed by atoms with Gasteiger partial charge in [-0.05, 0) is 19.3 Å². The fourth-order valence-corrected chi connectivity index (χ4v) is 4.60. The molecule has 5 heteroatoms. The number of rotatable bonds is 5. The normalized spacial score (nSPS) is 23.9. The summed E-state index contributed by atoms with van der Waals surface area (Å²) in [7, 11) is -3.03. The first kappa shape index (κ1) is 12.4. The lowest BCUT2D eigenvalue weighted by atomic mass is 10.3. The molecular weight excluding hydrogens is 313 g/mol. The van der Waals surface area contributed by atoms with Crippen LogP contribution in [0.4, 0.5) is 0 Å². The monoisotopic (exact) mass is 329 g/mol. The van der Waals surface area contributed by atoms with Gasteiger partial charge in [0, 0.05) is 17.0 Å². The molecule has 1 fully saturated rings. The summed E-state index contributed by atoms with van der Waals surface area (Å²) in [5.41, 5.74) is 0. The van der Waals surface area contributed by atoms with Crippen molar-refractivity contribution in [3.63, 3.8) is 0 Å². The Morgan fingerprint density at radius 3 is 2.86 bits per heavy atom. The van der Waals surface area contributed by atoms with Crippen LogP contribution >= 0.6 is 22.6 Å². The molecule has 0 aromatic rings. The van der Waals surface area contributed by atoms with Gasteiger partial charge in [-0.25, -0.2) is 8.42 Å². The molecule has 1 aliphatic rings. The molecule has 0 amide bonds. The number of nitrogens with zero attached hydrogens (tertiary/aromatic N) is 1. The van der Waals surface area contributed by atoms with Gasteiger partial charge in [-0.3, -0.25) is 0 Å². The molecule has 1 unspecified atom stereocenters. The van der Waals surface area contributed by atoms with Gasteiger partial charge in [-0.1, -0.05) is 28.7 Å². The fraction of sp³-hybridized carbons (Fsp3) is 0.778. The van der Waals surface area contributed by atoms with Crippen molar-refractivity contribution >= 4 is 32.6 Å². The second-order valence-electron chi connectivity index (χ2n) is 3.45. The molecule has 82 valence electrons. The van der Waals surface area contributed by atoms with Crippen molar-refractivity contribution in [1.82, 2.24) is 4.31 Å². The van der Waals surface area contributed by atoms with Gasteiger partial charge in [0.05, 0.1) is 5.75 Å². The fourth-order valence-electron chi connectivity index (χ4n) is 1.68. The third-order valence-corrected chi connectivity index (χ3v) is 5.40. The summed E-state index contributed by atoms with van der Waals surface area (Å²) in [5.74, 6) is 0.212. The highest BCUT2D eigenvalue weighted by molar-refractivity contribution is 14.1. The molecule has 1 atom stereocenters. The maximum Gasteiger partial charge on any atom is 0.214 e. The van der Waals surface area contributed by atoms with Crippen LogP contribution in [0.2, 0.25) is 0 Å². The second-order valence-corrected chi connectivity index (χ2v) is 6.38. The van der Waals surface area contributed by atoms with Crippen LogP contribution in [0.1, 0.15) is 19.3 Å². The van der Waals surface area contributed by atoms with Gasteiger partial charge in [0.1, 0.15) is 0 Å². The molecule has 0 aromatic carbocycles. The Kier molecular flexibility index (Phi) is 4.86. The lowest BCUT2D eigenvalue weighted by Crippen LogP contribution is -2.37. The van der Waals surface area contributed by atoms with E-state index in [9.17, 15) is 8.42 Å². The number of alkyl halides is 1. The van der Waals surface area contributed by atoms with Gasteiger partial charge in [-0.2, -0.15) is 4.31 Å². The molecule has 0 aromatic heterocycles. The van der Waals surface area contributed by atoms with Crippen LogP contribution in [0.3, 0.4) is 0 Å². The Hall–Kier alpha value is 0.380. The average molecular weight is 329 g/mol. The zero-order valence-electron chi connectivity index (χ0n) is 8.15. The van der Waals surface area contributed by atoms with Crippen LogP contribution in [-0.2, 0) is 10.0 Å². The molecule has 0 spiro atoms. The lowest BCUT2D eigenvalue weighted by Gasteiger charge is -2.21. The molecule has 0 bridgehead atoms. The van der Waals surface area contributed by atoms with E-state index in [2.05, 4.69) is 29.2 Å². The van der Waals surface area contributed by atoms with Crippen molar-refractivity contribution in [2.24, 2.45) is 0 Å². The molecule has 1 rings (SSSR count). The van der Waals surface area contributed by atoms with Gasteiger partial charge in [0.2, 0.25) is 10.0 Å². The summed E-state index contributed by atoms with van der Waals surface area (Å²) in [6.07, 6.45) is 4.22. The Morgan fingerprint density at radius 2 is 2.29 bits per heavy atom. The third kappa shape index (κ3) is 2.93. The molecule has 0 N–H and O–H groups in total. The summed E-state index contributed by atoms with van der Waals surface area (Å²) in [6.45, 7) is 4.25. The minimum absolute atomic E-state index is 0.212. The molecular formula is C9H16INO2S. The highest BCUT2D eigenvalue weighted by Crippen LogP contribution is 2.23. The molecule has 3 nitrogen and oxygen atoms in total. The van der Waals surface area contributed by atoms with Crippen molar-refractivity contribution in [3.8, 4) is 0 Å². The summed E-state index contributed by atoms with van der Waals surface area (Å²) in [6, 6.07) is 0.227. The van der Waals surface area contributed by atoms with Crippen LogP contribution in [-0.4, -0.2) is 35.5 Å². The summed E-state index contributed by atoms with van der Waals surface area (Å²) in [5, 5.41) is 0. The molecule has 1 heterocycles. The number of sulfonamides is 1. The molecule has 1 aliphatic heterocycles. The predicted molar refractivity (Wildman–Crippen MR) is 67.2 cm³/mol. The maximum absolute atomic E-state index is 11.8. The Balaban J connectivity index is 2.66. The van der Waals surface area contributed by atoms with Crippen LogP contribution in [0.5, 0.6) is 0 Å². The largest absolute Gasteiger partial charge is 0.214 e. The van der Waals surface area contributed by atoms with Crippen LogP contribution in [0.15, 0.2) is 12.7 Å². The smallest absolute Gasteiger partial charge is 0.212 e. The van der Waals surface area contributed by atoms with E-state index >= 15 is 0 Å². The number of allylic oxidation sites excluding steroid dienone is 1. The van der Waals surface area contributed by atoms with E-state index in [-0.39, 0.29) is 11.8 Å². The van der Waals surface area contributed by atoms with Crippen LogP contribution in [0.25, 0.3) is 0 Å². The van der Waals surface area contributed by atoms with Gasteiger partial charge in [0.25, 0.3) is 0 Å². The van der Waals surface area contributed by atoms with E-state index in [0.717, 1.165) is 17.3 Å². The number of hydrogen-bond acceptors (Lipinski definition) is 2.